The average Bonchev–Trinajstić information content (AvgIpc) is 2.43. The second-order valence-electron chi connectivity index (χ2n) is 4.54. The molecule has 94 valence electrons. The molecular weight excluding hydrogens is 240 g/mol. The first-order valence-corrected chi connectivity index (χ1v) is 6.01. The molecule has 1 aliphatic rings. The summed E-state index contributed by atoms with van der Waals surface area (Å²) in [4.78, 5) is 25.1. The molecule has 0 amide bonds. The predicted octanol–water partition coefficient (Wildman–Crippen LogP) is 2.78. The van der Waals surface area contributed by atoms with Gasteiger partial charge in [0.05, 0.1) is 12.7 Å². The van der Waals surface area contributed by atoms with Gasteiger partial charge in [-0.05, 0) is 18.6 Å². The molecular formula is C16H12O3. The van der Waals surface area contributed by atoms with E-state index in [1.807, 2.05) is 13.0 Å². The van der Waals surface area contributed by atoms with E-state index in [4.69, 9.17) is 4.74 Å². The first-order valence-electron chi connectivity index (χ1n) is 6.01. The van der Waals surface area contributed by atoms with Gasteiger partial charge in [-0.15, -0.1) is 0 Å². The van der Waals surface area contributed by atoms with Crippen LogP contribution in [0.25, 0.3) is 0 Å². The lowest BCUT2D eigenvalue weighted by Crippen LogP contribution is -2.22. The largest absolute Gasteiger partial charge is 0.496 e. The quantitative estimate of drug-likeness (QED) is 0.669. The number of carbonyl (C=O) groups is 2. The van der Waals surface area contributed by atoms with Crippen LogP contribution in [0.3, 0.4) is 0 Å². The Bertz CT molecular complexity index is 714. The standard InChI is InChI=1S/C16H12O3/c1-9-5-3-6-10-13(9)15(17)11-7-4-8-12(19-2)14(11)16(10)18/h3-8H,1-2H3. The monoisotopic (exact) mass is 252 g/mol. The molecule has 0 radical (unpaired) electrons. The Morgan fingerprint density at radius 2 is 1.42 bits per heavy atom. The third-order valence-corrected chi connectivity index (χ3v) is 3.46. The molecule has 1 aliphatic carbocycles. The van der Waals surface area contributed by atoms with Crippen LogP contribution >= 0.6 is 0 Å². The lowest BCUT2D eigenvalue weighted by Gasteiger charge is -2.20. The summed E-state index contributed by atoms with van der Waals surface area (Å²) in [5.41, 5.74) is 2.58. The fraction of sp³-hybridized carbons (Fsp3) is 0.125. The van der Waals surface area contributed by atoms with E-state index in [2.05, 4.69) is 0 Å². The zero-order chi connectivity index (χ0) is 13.6. The van der Waals surface area contributed by atoms with Crippen molar-refractivity contribution in [2.24, 2.45) is 0 Å². The third-order valence-electron chi connectivity index (χ3n) is 3.46. The molecule has 0 unspecified atom stereocenters. The molecule has 0 N–H and O–H groups in total. The molecule has 0 atom stereocenters. The van der Waals surface area contributed by atoms with Gasteiger partial charge in [0.15, 0.2) is 11.6 Å². The maximum Gasteiger partial charge on any atom is 0.198 e. The van der Waals surface area contributed by atoms with Crippen molar-refractivity contribution in [1.82, 2.24) is 0 Å². The molecule has 0 aromatic heterocycles. The number of methoxy groups -OCH3 is 1. The molecule has 3 heteroatoms. The summed E-state index contributed by atoms with van der Waals surface area (Å²) < 4.78 is 5.20. The van der Waals surface area contributed by atoms with Crippen LogP contribution in [0, 0.1) is 6.92 Å². The number of fused-ring (bicyclic) bond motifs is 2. The van der Waals surface area contributed by atoms with Crippen LogP contribution in [-0.4, -0.2) is 18.7 Å². The van der Waals surface area contributed by atoms with Gasteiger partial charge in [-0.25, -0.2) is 0 Å². The van der Waals surface area contributed by atoms with E-state index in [9.17, 15) is 9.59 Å². The van der Waals surface area contributed by atoms with E-state index in [-0.39, 0.29) is 11.6 Å². The van der Waals surface area contributed by atoms with E-state index < -0.39 is 0 Å². The summed E-state index contributed by atoms with van der Waals surface area (Å²) in [6.07, 6.45) is 0. The number of benzene rings is 2. The van der Waals surface area contributed by atoms with Gasteiger partial charge in [0.25, 0.3) is 0 Å². The smallest absolute Gasteiger partial charge is 0.198 e. The van der Waals surface area contributed by atoms with Crippen LogP contribution in [0.5, 0.6) is 5.75 Å². The van der Waals surface area contributed by atoms with Gasteiger partial charge in [0.1, 0.15) is 5.75 Å². The van der Waals surface area contributed by atoms with Crippen LogP contribution in [-0.2, 0) is 0 Å². The highest BCUT2D eigenvalue weighted by Gasteiger charge is 2.32. The summed E-state index contributed by atoms with van der Waals surface area (Å²) in [6.45, 7) is 1.84. The minimum Gasteiger partial charge on any atom is -0.496 e. The number of ketones is 2. The van der Waals surface area contributed by atoms with Gasteiger partial charge >= 0.3 is 0 Å². The van der Waals surface area contributed by atoms with Gasteiger partial charge in [-0.2, -0.15) is 0 Å². The molecule has 3 rings (SSSR count). The van der Waals surface area contributed by atoms with Crippen molar-refractivity contribution in [3.63, 3.8) is 0 Å². The molecule has 0 heterocycles. The highest BCUT2D eigenvalue weighted by molar-refractivity contribution is 6.29. The first-order chi connectivity index (χ1) is 9.15. The number of carbonyl (C=O) groups excluding carboxylic acids is 2. The van der Waals surface area contributed by atoms with Crippen molar-refractivity contribution in [3.8, 4) is 5.75 Å². The lowest BCUT2D eigenvalue weighted by molar-refractivity contribution is 0.0976. The van der Waals surface area contributed by atoms with Crippen molar-refractivity contribution < 1.29 is 14.3 Å². The van der Waals surface area contributed by atoms with Crippen molar-refractivity contribution in [1.29, 1.82) is 0 Å². The predicted molar refractivity (Wildman–Crippen MR) is 71.0 cm³/mol. The molecule has 0 saturated heterocycles. The second-order valence-corrected chi connectivity index (χ2v) is 4.54. The van der Waals surface area contributed by atoms with Crippen molar-refractivity contribution in [3.05, 3.63) is 64.2 Å². The van der Waals surface area contributed by atoms with E-state index in [1.165, 1.54) is 7.11 Å². The van der Waals surface area contributed by atoms with Gasteiger partial charge in [0.2, 0.25) is 0 Å². The second kappa shape index (κ2) is 4.05. The van der Waals surface area contributed by atoms with Crippen molar-refractivity contribution >= 4 is 11.6 Å². The molecule has 2 aromatic rings. The zero-order valence-corrected chi connectivity index (χ0v) is 10.7. The molecule has 2 aromatic carbocycles. The number of ether oxygens (including phenoxy) is 1. The molecule has 0 fully saturated rings. The molecule has 0 aliphatic heterocycles. The fourth-order valence-corrected chi connectivity index (χ4v) is 2.55. The number of hydrogen-bond acceptors (Lipinski definition) is 3. The molecule has 19 heavy (non-hydrogen) atoms. The number of rotatable bonds is 1. The van der Waals surface area contributed by atoms with Crippen LogP contribution in [0.15, 0.2) is 36.4 Å². The van der Waals surface area contributed by atoms with Gasteiger partial charge in [-0.3, -0.25) is 9.59 Å². The Morgan fingerprint density at radius 1 is 0.842 bits per heavy atom. The van der Waals surface area contributed by atoms with E-state index >= 15 is 0 Å². The summed E-state index contributed by atoms with van der Waals surface area (Å²) in [7, 11) is 1.50. The Labute approximate surface area is 110 Å². The van der Waals surface area contributed by atoms with Crippen molar-refractivity contribution in [2.75, 3.05) is 7.11 Å². The number of aryl methyl sites for hydroxylation is 1. The SMILES string of the molecule is COc1cccc2c1C(=O)c1cccc(C)c1C2=O. The van der Waals surface area contributed by atoms with Crippen LogP contribution in [0.1, 0.15) is 37.4 Å². The first kappa shape index (κ1) is 11.7. The van der Waals surface area contributed by atoms with Gasteiger partial charge in [0, 0.05) is 16.7 Å². The Balaban J connectivity index is 2.36. The Morgan fingerprint density at radius 3 is 2.11 bits per heavy atom. The van der Waals surface area contributed by atoms with Gasteiger partial charge in [-0.1, -0.05) is 30.3 Å². The average molecular weight is 252 g/mol. The van der Waals surface area contributed by atoms with Crippen molar-refractivity contribution in [2.45, 2.75) is 6.92 Å². The minimum atomic E-state index is -0.147. The zero-order valence-electron chi connectivity index (χ0n) is 10.7. The normalized spacial score (nSPS) is 12.9. The van der Waals surface area contributed by atoms with Crippen LogP contribution < -0.4 is 4.74 Å². The van der Waals surface area contributed by atoms with E-state index in [0.29, 0.717) is 28.0 Å². The van der Waals surface area contributed by atoms with Crippen LogP contribution in [0.2, 0.25) is 0 Å². The molecule has 0 saturated carbocycles. The van der Waals surface area contributed by atoms with Crippen LogP contribution in [0.4, 0.5) is 0 Å². The molecule has 0 spiro atoms. The van der Waals surface area contributed by atoms with E-state index in [1.54, 1.807) is 30.3 Å². The Hall–Kier alpha value is -2.42. The maximum absolute atomic E-state index is 12.6. The third kappa shape index (κ3) is 1.51. The Kier molecular flexibility index (Phi) is 2.49. The summed E-state index contributed by atoms with van der Waals surface area (Å²) in [5.74, 6) is 0.190. The highest BCUT2D eigenvalue weighted by Crippen LogP contribution is 2.34. The summed E-state index contributed by atoms with van der Waals surface area (Å²) in [5, 5.41) is 0. The topological polar surface area (TPSA) is 43.4 Å². The van der Waals surface area contributed by atoms with Gasteiger partial charge < -0.3 is 4.74 Å². The number of hydrogen-bond donors (Lipinski definition) is 0. The maximum atomic E-state index is 12.6. The minimum absolute atomic E-state index is 0.110. The summed E-state index contributed by atoms with van der Waals surface area (Å²) in [6, 6.07) is 10.4. The molecule has 3 nitrogen and oxygen atoms in total. The highest BCUT2D eigenvalue weighted by atomic mass is 16.5. The lowest BCUT2D eigenvalue weighted by atomic mass is 9.82. The molecule has 0 bridgehead atoms. The summed E-state index contributed by atoms with van der Waals surface area (Å²) >= 11 is 0. The fourth-order valence-electron chi connectivity index (χ4n) is 2.55. The van der Waals surface area contributed by atoms with E-state index in [0.717, 1.165) is 5.56 Å².